The predicted octanol–water partition coefficient (Wildman–Crippen LogP) is 10.6. The van der Waals surface area contributed by atoms with E-state index in [1.54, 1.807) is 0 Å². The van der Waals surface area contributed by atoms with Crippen molar-refractivity contribution in [1.82, 2.24) is 0 Å². The number of hydrogen-bond donors (Lipinski definition) is 0. The van der Waals surface area contributed by atoms with Crippen LogP contribution >= 0.6 is 11.8 Å². The quantitative estimate of drug-likeness (QED) is 0.219. The first-order valence-electron chi connectivity index (χ1n) is 12.7. The Kier molecular flexibility index (Phi) is 4.55. The molecule has 0 unspecified atom stereocenters. The van der Waals surface area contributed by atoms with Crippen LogP contribution in [0.5, 0.6) is 0 Å². The number of rotatable bonds is 2. The lowest BCUT2D eigenvalue weighted by Gasteiger charge is -2.25. The highest BCUT2D eigenvalue weighted by molar-refractivity contribution is 7.99. The minimum absolute atomic E-state index is 1.25. The Hall–Kier alpha value is -4.33. The van der Waals surface area contributed by atoms with Gasteiger partial charge in [-0.25, -0.2) is 0 Å². The van der Waals surface area contributed by atoms with Gasteiger partial charge < -0.3 is 0 Å². The second-order valence-electron chi connectivity index (χ2n) is 9.65. The number of fused-ring (bicyclic) bond motifs is 4. The first-order valence-corrected chi connectivity index (χ1v) is 13.5. The Bertz CT molecular complexity index is 1940. The van der Waals surface area contributed by atoms with Crippen molar-refractivity contribution in [2.24, 2.45) is 0 Å². The molecule has 0 atom stereocenters. The van der Waals surface area contributed by atoms with Gasteiger partial charge in [-0.3, -0.25) is 0 Å². The van der Waals surface area contributed by atoms with Crippen molar-refractivity contribution in [2.45, 2.75) is 9.79 Å². The molecular formula is C36H22S. The summed E-state index contributed by atoms with van der Waals surface area (Å²) >= 11 is 1.89. The lowest BCUT2D eigenvalue weighted by atomic mass is 9.82. The molecule has 0 nitrogen and oxygen atoms in total. The molecule has 0 aromatic heterocycles. The maximum Gasteiger partial charge on any atom is 0.0207 e. The molecule has 172 valence electrons. The molecule has 7 aromatic rings. The van der Waals surface area contributed by atoms with E-state index < -0.39 is 0 Å². The summed E-state index contributed by atoms with van der Waals surface area (Å²) in [6.45, 7) is 0. The zero-order valence-electron chi connectivity index (χ0n) is 20.1. The lowest BCUT2D eigenvalue weighted by Crippen LogP contribution is -1.97. The van der Waals surface area contributed by atoms with Gasteiger partial charge in [0.05, 0.1) is 0 Å². The molecule has 0 saturated heterocycles. The Labute approximate surface area is 220 Å². The summed E-state index contributed by atoms with van der Waals surface area (Å²) in [4.78, 5) is 2.66. The van der Waals surface area contributed by atoms with Crippen molar-refractivity contribution in [3.05, 3.63) is 133 Å². The molecule has 0 radical (unpaired) electrons. The van der Waals surface area contributed by atoms with Gasteiger partial charge in [0.15, 0.2) is 0 Å². The summed E-state index contributed by atoms with van der Waals surface area (Å²) in [6.07, 6.45) is 0. The first-order chi connectivity index (χ1) is 18.4. The van der Waals surface area contributed by atoms with E-state index in [2.05, 4.69) is 133 Å². The normalized spacial score (nSPS) is 12.2. The number of hydrogen-bond acceptors (Lipinski definition) is 1. The van der Waals surface area contributed by atoms with Crippen molar-refractivity contribution in [2.75, 3.05) is 0 Å². The first kappa shape index (κ1) is 20.8. The Morgan fingerprint density at radius 1 is 0.351 bits per heavy atom. The highest BCUT2D eigenvalue weighted by Crippen LogP contribution is 2.53. The van der Waals surface area contributed by atoms with Crippen molar-refractivity contribution in [3.63, 3.8) is 0 Å². The van der Waals surface area contributed by atoms with Gasteiger partial charge in [-0.1, -0.05) is 133 Å². The van der Waals surface area contributed by atoms with Gasteiger partial charge in [0.1, 0.15) is 0 Å². The van der Waals surface area contributed by atoms with Crippen molar-refractivity contribution in [3.8, 4) is 33.4 Å². The maximum atomic E-state index is 2.35. The van der Waals surface area contributed by atoms with Gasteiger partial charge in [-0.15, -0.1) is 0 Å². The zero-order valence-corrected chi connectivity index (χ0v) is 20.9. The largest absolute Gasteiger partial charge is 0.0888 e. The topological polar surface area (TPSA) is 0 Å². The van der Waals surface area contributed by atoms with Gasteiger partial charge in [-0.05, 0) is 72.4 Å². The van der Waals surface area contributed by atoms with Gasteiger partial charge >= 0.3 is 0 Å². The lowest BCUT2D eigenvalue weighted by molar-refractivity contribution is 1.40. The van der Waals surface area contributed by atoms with Crippen molar-refractivity contribution < 1.29 is 0 Å². The smallest absolute Gasteiger partial charge is 0.0207 e. The van der Waals surface area contributed by atoms with E-state index in [1.807, 2.05) is 11.8 Å². The summed E-state index contributed by atoms with van der Waals surface area (Å²) in [5.41, 5.74) is 7.86. The molecule has 0 saturated carbocycles. The second kappa shape index (κ2) is 8.09. The highest BCUT2D eigenvalue weighted by atomic mass is 32.2. The summed E-state index contributed by atoms with van der Waals surface area (Å²) in [7, 11) is 0. The van der Waals surface area contributed by atoms with Crippen LogP contribution in [0.25, 0.3) is 65.7 Å². The van der Waals surface area contributed by atoms with E-state index in [0.717, 1.165) is 0 Å². The van der Waals surface area contributed by atoms with Crippen LogP contribution in [0, 0.1) is 0 Å². The molecule has 0 fully saturated rings. The Morgan fingerprint density at radius 3 is 1.68 bits per heavy atom. The molecule has 0 bridgehead atoms. The molecule has 0 N–H and O–H groups in total. The third-order valence-corrected chi connectivity index (χ3v) is 8.78. The van der Waals surface area contributed by atoms with E-state index >= 15 is 0 Å². The van der Waals surface area contributed by atoms with Crippen LogP contribution in [0.3, 0.4) is 0 Å². The summed E-state index contributed by atoms with van der Waals surface area (Å²) in [5, 5.41) is 7.84. The third-order valence-electron chi connectivity index (χ3n) is 7.65. The van der Waals surface area contributed by atoms with Crippen LogP contribution in [0.4, 0.5) is 0 Å². The fraction of sp³-hybridized carbons (Fsp3) is 0. The summed E-state index contributed by atoms with van der Waals surface area (Å²) in [6, 6.07) is 48.9. The third kappa shape index (κ3) is 3.05. The molecular weight excluding hydrogens is 464 g/mol. The molecule has 1 aliphatic heterocycles. The minimum Gasteiger partial charge on any atom is -0.0888 e. The van der Waals surface area contributed by atoms with Crippen LogP contribution in [-0.4, -0.2) is 0 Å². The van der Waals surface area contributed by atoms with E-state index in [1.165, 1.54) is 75.5 Å². The molecule has 8 rings (SSSR count). The van der Waals surface area contributed by atoms with Crippen LogP contribution < -0.4 is 0 Å². The molecule has 0 amide bonds. The van der Waals surface area contributed by atoms with Gasteiger partial charge in [0.2, 0.25) is 0 Å². The second-order valence-corrected chi connectivity index (χ2v) is 10.7. The van der Waals surface area contributed by atoms with Crippen molar-refractivity contribution >= 4 is 44.1 Å². The average molecular weight is 487 g/mol. The molecule has 0 spiro atoms. The summed E-state index contributed by atoms with van der Waals surface area (Å²) < 4.78 is 0. The maximum absolute atomic E-state index is 2.35. The van der Waals surface area contributed by atoms with Crippen LogP contribution in [0.15, 0.2) is 143 Å². The molecule has 37 heavy (non-hydrogen) atoms. The van der Waals surface area contributed by atoms with Crippen LogP contribution in [0.2, 0.25) is 0 Å². The highest BCUT2D eigenvalue weighted by Gasteiger charge is 2.25. The Morgan fingerprint density at radius 2 is 0.946 bits per heavy atom. The molecule has 0 aliphatic carbocycles. The van der Waals surface area contributed by atoms with E-state index in [-0.39, 0.29) is 0 Å². The molecule has 1 heterocycles. The predicted molar refractivity (Wildman–Crippen MR) is 159 cm³/mol. The van der Waals surface area contributed by atoms with E-state index in [4.69, 9.17) is 0 Å². The average Bonchev–Trinajstić information content (AvgIpc) is 2.97. The fourth-order valence-corrected chi connectivity index (χ4v) is 7.27. The van der Waals surface area contributed by atoms with Gasteiger partial charge in [-0.2, -0.15) is 0 Å². The zero-order chi connectivity index (χ0) is 24.3. The monoisotopic (exact) mass is 486 g/mol. The van der Waals surface area contributed by atoms with Crippen LogP contribution in [-0.2, 0) is 0 Å². The molecule has 1 aliphatic rings. The number of benzene rings is 7. The van der Waals surface area contributed by atoms with Gasteiger partial charge in [0.25, 0.3) is 0 Å². The molecule has 1 heteroatoms. The van der Waals surface area contributed by atoms with E-state index in [9.17, 15) is 0 Å². The minimum atomic E-state index is 1.25. The van der Waals surface area contributed by atoms with Crippen LogP contribution in [0.1, 0.15) is 0 Å². The van der Waals surface area contributed by atoms with Gasteiger partial charge in [0, 0.05) is 15.2 Å². The Balaban J connectivity index is 1.59. The standard InChI is InChI=1S/C36H22S/c1-2-11-23(12-3-1)33-25-14-4-6-16-27(25)35(28-17-7-5-15-26(28)33)30-22-21-24-13-10-20-32-34(24)36(30)29-18-8-9-19-31(29)37-32/h1-22H. The van der Waals surface area contributed by atoms with E-state index in [0.29, 0.717) is 0 Å². The molecule has 7 aromatic carbocycles. The fourth-order valence-electron chi connectivity index (χ4n) is 6.13. The SMILES string of the molecule is c1ccc(-c2c3ccccc3c(-c3ccc4cccc5c4c3-c3ccccc3S5)c3ccccc23)cc1. The van der Waals surface area contributed by atoms with Crippen molar-refractivity contribution in [1.29, 1.82) is 0 Å². The summed E-state index contributed by atoms with van der Waals surface area (Å²) in [5.74, 6) is 0.